The second-order valence-corrected chi connectivity index (χ2v) is 9.54. The predicted octanol–water partition coefficient (Wildman–Crippen LogP) is 3.68. The highest BCUT2D eigenvalue weighted by Crippen LogP contribution is 2.03. The number of hydrogen-bond donors (Lipinski definition) is 0. The van der Waals surface area contributed by atoms with E-state index in [4.69, 9.17) is 0 Å². The Morgan fingerprint density at radius 1 is 1.33 bits per heavy atom. The molecule has 0 amide bonds. The molecule has 0 saturated heterocycles. The molecule has 0 spiro atoms. The minimum Gasteiger partial charge on any atom is -0.256 e. The number of hydrogen-bond acceptors (Lipinski definition) is 1. The molecule has 0 N–H and O–H groups in total. The van der Waals surface area contributed by atoms with Gasteiger partial charge in [-0.25, -0.2) is 0 Å². The van der Waals surface area contributed by atoms with Crippen LogP contribution in [0.2, 0.25) is 19.6 Å². The SMILES string of the molecule is C[Si](C)(C)C#Cc1ccc(/C=C/Br)nc1. The van der Waals surface area contributed by atoms with Gasteiger partial charge in [-0.2, -0.15) is 0 Å². The van der Waals surface area contributed by atoms with Crippen molar-refractivity contribution in [2.24, 2.45) is 0 Å². The van der Waals surface area contributed by atoms with Gasteiger partial charge in [0.15, 0.2) is 0 Å². The van der Waals surface area contributed by atoms with E-state index in [2.05, 4.69) is 52.0 Å². The van der Waals surface area contributed by atoms with Gasteiger partial charge in [-0.15, -0.1) is 5.54 Å². The van der Waals surface area contributed by atoms with Crippen LogP contribution in [0, 0.1) is 11.5 Å². The number of nitrogens with zero attached hydrogens (tertiary/aromatic N) is 1. The van der Waals surface area contributed by atoms with Crippen LogP contribution >= 0.6 is 15.9 Å². The van der Waals surface area contributed by atoms with E-state index in [1.165, 1.54) is 0 Å². The number of aromatic nitrogens is 1. The van der Waals surface area contributed by atoms with Crippen molar-refractivity contribution >= 4 is 30.1 Å². The maximum atomic E-state index is 4.27. The molecule has 0 saturated carbocycles. The summed E-state index contributed by atoms with van der Waals surface area (Å²) in [4.78, 5) is 6.06. The van der Waals surface area contributed by atoms with Crippen molar-refractivity contribution in [2.75, 3.05) is 0 Å². The summed E-state index contributed by atoms with van der Waals surface area (Å²) >= 11 is 3.22. The first-order valence-corrected chi connectivity index (χ1v) is 9.19. The highest BCUT2D eigenvalue weighted by molar-refractivity contribution is 9.11. The molecule has 1 aromatic heterocycles. The smallest absolute Gasteiger partial charge is 0.129 e. The predicted molar refractivity (Wildman–Crippen MR) is 72.4 cm³/mol. The summed E-state index contributed by atoms with van der Waals surface area (Å²) in [6, 6.07) is 3.97. The monoisotopic (exact) mass is 279 g/mol. The van der Waals surface area contributed by atoms with Crippen molar-refractivity contribution in [1.29, 1.82) is 0 Å². The quantitative estimate of drug-likeness (QED) is 0.565. The largest absolute Gasteiger partial charge is 0.256 e. The van der Waals surface area contributed by atoms with Crippen LogP contribution < -0.4 is 0 Å². The molecule has 1 aromatic rings. The Kier molecular flexibility index (Phi) is 4.31. The molecule has 3 heteroatoms. The van der Waals surface area contributed by atoms with Gasteiger partial charge in [0.05, 0.1) is 5.69 Å². The molecule has 1 rings (SSSR count). The van der Waals surface area contributed by atoms with E-state index in [9.17, 15) is 0 Å². The van der Waals surface area contributed by atoms with E-state index >= 15 is 0 Å². The Morgan fingerprint density at radius 2 is 2.07 bits per heavy atom. The van der Waals surface area contributed by atoms with Crippen LogP contribution in [0.25, 0.3) is 6.08 Å². The minimum absolute atomic E-state index is 0.936. The van der Waals surface area contributed by atoms with Gasteiger partial charge >= 0.3 is 0 Å². The van der Waals surface area contributed by atoms with Gasteiger partial charge in [0, 0.05) is 11.8 Å². The highest BCUT2D eigenvalue weighted by atomic mass is 79.9. The zero-order chi connectivity index (χ0) is 11.3. The second-order valence-electron chi connectivity index (χ2n) is 4.26. The Hall–Kier alpha value is -0.853. The lowest BCUT2D eigenvalue weighted by atomic mass is 10.2. The van der Waals surface area contributed by atoms with Crippen LogP contribution in [0.15, 0.2) is 23.3 Å². The van der Waals surface area contributed by atoms with Crippen molar-refractivity contribution < 1.29 is 0 Å². The lowest BCUT2D eigenvalue weighted by Crippen LogP contribution is -2.16. The van der Waals surface area contributed by atoms with Gasteiger partial charge in [-0.1, -0.05) is 41.5 Å². The summed E-state index contributed by atoms with van der Waals surface area (Å²) in [5.41, 5.74) is 5.24. The molecule has 0 aliphatic rings. The highest BCUT2D eigenvalue weighted by Gasteiger charge is 2.07. The molecular weight excluding hydrogens is 266 g/mol. The van der Waals surface area contributed by atoms with Gasteiger partial charge in [0.25, 0.3) is 0 Å². The Balaban J connectivity index is 2.84. The maximum Gasteiger partial charge on any atom is 0.129 e. The van der Waals surface area contributed by atoms with Gasteiger partial charge in [-0.05, 0) is 23.2 Å². The third-order valence-electron chi connectivity index (χ3n) is 1.60. The van der Waals surface area contributed by atoms with E-state index in [0.717, 1.165) is 11.3 Å². The van der Waals surface area contributed by atoms with Crippen molar-refractivity contribution in [3.63, 3.8) is 0 Å². The molecule has 0 aromatic carbocycles. The van der Waals surface area contributed by atoms with Gasteiger partial charge in [0.1, 0.15) is 8.07 Å². The lowest BCUT2D eigenvalue weighted by molar-refractivity contribution is 1.28. The maximum absolute atomic E-state index is 4.27. The number of halogens is 1. The first-order valence-electron chi connectivity index (χ1n) is 4.77. The Bertz CT molecular complexity index is 404. The molecule has 0 fully saturated rings. The van der Waals surface area contributed by atoms with Gasteiger partial charge in [-0.3, -0.25) is 4.98 Å². The van der Waals surface area contributed by atoms with E-state index in [-0.39, 0.29) is 0 Å². The first kappa shape index (κ1) is 12.2. The van der Waals surface area contributed by atoms with E-state index in [1.807, 2.05) is 24.4 Å². The van der Waals surface area contributed by atoms with Crippen molar-refractivity contribution in [1.82, 2.24) is 4.98 Å². The summed E-state index contributed by atoms with van der Waals surface area (Å²) in [7, 11) is -1.28. The number of pyridine rings is 1. The van der Waals surface area contributed by atoms with Crippen LogP contribution in [0.5, 0.6) is 0 Å². The fourth-order valence-electron chi connectivity index (χ4n) is 0.902. The molecule has 0 atom stereocenters. The van der Waals surface area contributed by atoms with Crippen LogP contribution in [0.4, 0.5) is 0 Å². The zero-order valence-corrected chi connectivity index (χ0v) is 11.8. The first-order chi connectivity index (χ1) is 7.01. The third kappa shape index (κ3) is 4.96. The third-order valence-corrected chi connectivity index (χ3v) is 2.74. The average Bonchev–Trinajstić information content (AvgIpc) is 2.16. The van der Waals surface area contributed by atoms with Crippen LogP contribution in [0.1, 0.15) is 11.3 Å². The molecule has 1 nitrogen and oxygen atoms in total. The Labute approximate surface area is 101 Å². The second kappa shape index (κ2) is 5.29. The topological polar surface area (TPSA) is 12.9 Å². The fraction of sp³-hybridized carbons (Fsp3) is 0.250. The summed E-state index contributed by atoms with van der Waals surface area (Å²) in [6.07, 6.45) is 3.71. The number of rotatable bonds is 1. The molecule has 0 radical (unpaired) electrons. The normalized spacial score (nSPS) is 11.2. The summed E-state index contributed by atoms with van der Waals surface area (Å²) < 4.78 is 0. The molecular formula is C12H14BrNSi. The molecule has 78 valence electrons. The van der Waals surface area contributed by atoms with Crippen molar-refractivity contribution in [2.45, 2.75) is 19.6 Å². The van der Waals surface area contributed by atoms with Crippen molar-refractivity contribution in [3.05, 3.63) is 34.6 Å². The Morgan fingerprint density at radius 3 is 2.53 bits per heavy atom. The minimum atomic E-state index is -1.28. The van der Waals surface area contributed by atoms with Gasteiger partial charge in [0.2, 0.25) is 0 Å². The van der Waals surface area contributed by atoms with E-state index < -0.39 is 8.07 Å². The van der Waals surface area contributed by atoms with Crippen LogP contribution in [-0.4, -0.2) is 13.1 Å². The summed E-state index contributed by atoms with van der Waals surface area (Å²) in [5.74, 6) is 3.17. The molecule has 0 bridgehead atoms. The molecule has 1 heterocycles. The fourth-order valence-corrected chi connectivity index (χ4v) is 1.69. The van der Waals surface area contributed by atoms with E-state index in [1.54, 1.807) is 4.99 Å². The molecule has 0 unspecified atom stereocenters. The molecule has 0 aliphatic carbocycles. The summed E-state index contributed by atoms with van der Waals surface area (Å²) in [5, 5.41) is 0. The average molecular weight is 280 g/mol. The van der Waals surface area contributed by atoms with E-state index in [0.29, 0.717) is 0 Å². The van der Waals surface area contributed by atoms with Crippen LogP contribution in [0.3, 0.4) is 0 Å². The zero-order valence-electron chi connectivity index (χ0n) is 9.21. The van der Waals surface area contributed by atoms with Gasteiger partial charge < -0.3 is 0 Å². The van der Waals surface area contributed by atoms with Crippen molar-refractivity contribution in [3.8, 4) is 11.5 Å². The standard InChI is InChI=1S/C12H14BrNSi/c1-15(2,3)9-7-11-4-5-12(6-8-13)14-10-11/h4-6,8,10H,1-3H3/b8-6+. The summed E-state index contributed by atoms with van der Waals surface area (Å²) in [6.45, 7) is 6.69. The molecule has 0 aliphatic heterocycles. The molecule has 15 heavy (non-hydrogen) atoms. The lowest BCUT2D eigenvalue weighted by Gasteiger charge is -2.03. The van der Waals surface area contributed by atoms with Crippen LogP contribution in [-0.2, 0) is 0 Å².